The number of ether oxygens (including phenoxy) is 7. The molecule has 38 heavy (non-hydrogen) atoms. The van der Waals surface area contributed by atoms with Crippen molar-refractivity contribution in [3.63, 3.8) is 0 Å². The minimum atomic E-state index is 0.454. The zero-order chi connectivity index (χ0) is 27.2. The van der Waals surface area contributed by atoms with E-state index in [1.54, 1.807) is 0 Å². The number of hydrogen-bond acceptors (Lipinski definition) is 8. The fourth-order valence-electron chi connectivity index (χ4n) is 3.72. The smallest absolute Gasteiger partial charge is 0.142 e. The third-order valence-electron chi connectivity index (χ3n) is 5.91. The molecule has 0 unspecified atom stereocenters. The second-order valence-corrected chi connectivity index (χ2v) is 9.24. The van der Waals surface area contributed by atoms with Crippen molar-refractivity contribution in [1.29, 1.82) is 0 Å². The van der Waals surface area contributed by atoms with Crippen molar-refractivity contribution in [3.8, 4) is 5.75 Å². The molecule has 0 aliphatic carbocycles. The molecule has 0 saturated carbocycles. The van der Waals surface area contributed by atoms with Gasteiger partial charge < -0.3 is 38.9 Å². The Bertz CT molecular complexity index is 606. The van der Waals surface area contributed by atoms with E-state index in [2.05, 4.69) is 6.92 Å². The molecular weight excluding hydrogens is 486 g/mol. The van der Waals surface area contributed by atoms with Gasteiger partial charge in [0.1, 0.15) is 12.4 Å². The standard InChI is InChI=1S/C30H55NO7/c1-2-3-4-5-6-7-8-9-10-13-16-32-17-18-33-19-20-34-21-22-35-23-24-36-25-26-37-27-28-38-30-15-12-11-14-29(30)31/h11-12,14-15H,2-10,13,16-28,31H2,1H3. The van der Waals surface area contributed by atoms with Gasteiger partial charge in [-0.1, -0.05) is 76.8 Å². The first kappa shape index (κ1) is 34.6. The summed E-state index contributed by atoms with van der Waals surface area (Å²) < 4.78 is 38.7. The van der Waals surface area contributed by atoms with Crippen molar-refractivity contribution < 1.29 is 33.2 Å². The first-order chi connectivity index (χ1) is 18.8. The molecule has 0 atom stereocenters. The SMILES string of the molecule is CCCCCCCCCCCCOCCOCCOCCOCCOCCOCCOc1ccccc1N. The van der Waals surface area contributed by atoms with Crippen LogP contribution in [0.2, 0.25) is 0 Å². The number of nitrogens with two attached hydrogens (primary N) is 1. The number of rotatable bonds is 30. The Balaban J connectivity index is 1.65. The summed E-state index contributed by atoms with van der Waals surface area (Å²) in [6, 6.07) is 7.42. The molecule has 0 fully saturated rings. The van der Waals surface area contributed by atoms with Gasteiger partial charge in [0.15, 0.2) is 0 Å². The lowest BCUT2D eigenvalue weighted by atomic mass is 10.1. The number of para-hydroxylation sites is 2. The van der Waals surface area contributed by atoms with Crippen LogP contribution >= 0.6 is 0 Å². The summed E-state index contributed by atoms with van der Waals surface area (Å²) in [5.74, 6) is 0.681. The van der Waals surface area contributed by atoms with Gasteiger partial charge >= 0.3 is 0 Å². The van der Waals surface area contributed by atoms with Crippen molar-refractivity contribution in [3.05, 3.63) is 24.3 Å². The van der Waals surface area contributed by atoms with E-state index in [9.17, 15) is 0 Å². The zero-order valence-electron chi connectivity index (χ0n) is 24.0. The Kier molecular flexibility index (Phi) is 26.0. The maximum absolute atomic E-state index is 5.82. The van der Waals surface area contributed by atoms with Crippen LogP contribution in [0.25, 0.3) is 0 Å². The number of nitrogen functional groups attached to an aromatic ring is 1. The summed E-state index contributed by atoms with van der Waals surface area (Å²) in [6.07, 6.45) is 13.5. The fourth-order valence-corrected chi connectivity index (χ4v) is 3.72. The van der Waals surface area contributed by atoms with Gasteiger partial charge in [0.2, 0.25) is 0 Å². The van der Waals surface area contributed by atoms with Crippen LogP contribution < -0.4 is 10.5 Å². The van der Waals surface area contributed by atoms with Crippen LogP contribution in [0.4, 0.5) is 5.69 Å². The Morgan fingerprint density at radius 1 is 0.447 bits per heavy atom. The van der Waals surface area contributed by atoms with Gasteiger partial charge in [0.05, 0.1) is 78.4 Å². The minimum absolute atomic E-state index is 0.454. The Morgan fingerprint density at radius 3 is 1.26 bits per heavy atom. The zero-order valence-corrected chi connectivity index (χ0v) is 24.0. The van der Waals surface area contributed by atoms with Gasteiger partial charge in [0.25, 0.3) is 0 Å². The van der Waals surface area contributed by atoms with E-state index in [-0.39, 0.29) is 0 Å². The number of hydrogen-bond donors (Lipinski definition) is 1. The third kappa shape index (κ3) is 23.7. The van der Waals surface area contributed by atoms with Gasteiger partial charge in [-0.15, -0.1) is 0 Å². The number of anilines is 1. The van der Waals surface area contributed by atoms with E-state index in [4.69, 9.17) is 38.9 Å². The van der Waals surface area contributed by atoms with Crippen LogP contribution in [-0.4, -0.2) is 85.9 Å². The van der Waals surface area contributed by atoms with Crippen molar-refractivity contribution in [2.45, 2.75) is 71.1 Å². The van der Waals surface area contributed by atoms with Crippen molar-refractivity contribution in [2.75, 3.05) is 91.6 Å². The Labute approximate surface area is 231 Å². The summed E-state index contributed by atoms with van der Waals surface area (Å²) in [5, 5.41) is 0. The summed E-state index contributed by atoms with van der Waals surface area (Å²) >= 11 is 0. The molecule has 0 amide bonds. The van der Waals surface area contributed by atoms with E-state index < -0.39 is 0 Å². The van der Waals surface area contributed by atoms with Gasteiger partial charge in [-0.3, -0.25) is 0 Å². The Hall–Kier alpha value is -1.42. The van der Waals surface area contributed by atoms with Crippen molar-refractivity contribution in [1.82, 2.24) is 0 Å². The number of benzene rings is 1. The summed E-state index contributed by atoms with van der Waals surface area (Å²) in [4.78, 5) is 0. The topological polar surface area (TPSA) is 90.6 Å². The average molecular weight is 542 g/mol. The first-order valence-corrected chi connectivity index (χ1v) is 14.8. The molecule has 0 aliphatic heterocycles. The lowest BCUT2D eigenvalue weighted by molar-refractivity contribution is -0.0179. The highest BCUT2D eigenvalue weighted by atomic mass is 16.6. The third-order valence-corrected chi connectivity index (χ3v) is 5.91. The van der Waals surface area contributed by atoms with Crippen molar-refractivity contribution >= 4 is 5.69 Å². The van der Waals surface area contributed by atoms with Crippen molar-refractivity contribution in [2.24, 2.45) is 0 Å². The molecule has 0 aliphatic rings. The largest absolute Gasteiger partial charge is 0.489 e. The molecule has 1 aromatic rings. The van der Waals surface area contributed by atoms with Crippen LogP contribution in [0.3, 0.4) is 0 Å². The molecule has 0 aromatic heterocycles. The van der Waals surface area contributed by atoms with Gasteiger partial charge in [0, 0.05) is 6.61 Å². The molecule has 0 saturated heterocycles. The van der Waals surface area contributed by atoms with Crippen LogP contribution in [-0.2, 0) is 28.4 Å². The van der Waals surface area contributed by atoms with Crippen LogP contribution in [0.15, 0.2) is 24.3 Å². The quantitative estimate of drug-likeness (QED) is 0.0984. The van der Waals surface area contributed by atoms with E-state index in [1.807, 2.05) is 24.3 Å². The maximum Gasteiger partial charge on any atom is 0.142 e. The summed E-state index contributed by atoms with van der Waals surface area (Å²) in [7, 11) is 0. The highest BCUT2D eigenvalue weighted by Crippen LogP contribution is 2.19. The maximum atomic E-state index is 5.82. The lowest BCUT2D eigenvalue weighted by Gasteiger charge is -2.09. The van der Waals surface area contributed by atoms with Gasteiger partial charge in [-0.2, -0.15) is 0 Å². The predicted molar refractivity (Wildman–Crippen MR) is 153 cm³/mol. The first-order valence-electron chi connectivity index (χ1n) is 14.8. The lowest BCUT2D eigenvalue weighted by Crippen LogP contribution is -2.15. The molecule has 222 valence electrons. The molecular formula is C30H55NO7. The Morgan fingerprint density at radius 2 is 0.816 bits per heavy atom. The normalized spacial score (nSPS) is 11.3. The molecule has 1 aromatic carbocycles. The van der Waals surface area contributed by atoms with Gasteiger partial charge in [-0.05, 0) is 18.6 Å². The fraction of sp³-hybridized carbons (Fsp3) is 0.800. The molecule has 8 nitrogen and oxygen atoms in total. The monoisotopic (exact) mass is 541 g/mol. The molecule has 0 radical (unpaired) electrons. The molecule has 1 rings (SSSR count). The van der Waals surface area contributed by atoms with Crippen LogP contribution in [0, 0.1) is 0 Å². The van der Waals surface area contributed by atoms with E-state index in [0.717, 1.165) is 13.0 Å². The highest BCUT2D eigenvalue weighted by molar-refractivity contribution is 5.51. The highest BCUT2D eigenvalue weighted by Gasteiger charge is 1.99. The average Bonchev–Trinajstić information content (AvgIpc) is 2.93. The summed E-state index contributed by atoms with van der Waals surface area (Å²) in [6.45, 7) is 9.66. The second-order valence-electron chi connectivity index (χ2n) is 9.24. The summed E-state index contributed by atoms with van der Waals surface area (Å²) in [5.41, 5.74) is 6.45. The molecule has 2 N–H and O–H groups in total. The minimum Gasteiger partial charge on any atom is -0.489 e. The van der Waals surface area contributed by atoms with Crippen LogP contribution in [0.1, 0.15) is 71.1 Å². The van der Waals surface area contributed by atoms with E-state index in [0.29, 0.717) is 90.7 Å². The molecule has 0 spiro atoms. The van der Waals surface area contributed by atoms with E-state index in [1.165, 1.54) is 57.8 Å². The molecule has 0 bridgehead atoms. The van der Waals surface area contributed by atoms with Gasteiger partial charge in [-0.25, -0.2) is 0 Å². The van der Waals surface area contributed by atoms with E-state index >= 15 is 0 Å². The molecule has 0 heterocycles. The predicted octanol–water partition coefficient (Wildman–Crippen LogP) is 5.67. The van der Waals surface area contributed by atoms with Crippen LogP contribution in [0.5, 0.6) is 5.75 Å². The number of unbranched alkanes of at least 4 members (excludes halogenated alkanes) is 9. The molecule has 8 heteroatoms. The second kappa shape index (κ2) is 28.6.